The van der Waals surface area contributed by atoms with Crippen molar-refractivity contribution >= 4 is 52.9 Å². The molecule has 28 heavy (non-hydrogen) atoms. The lowest BCUT2D eigenvalue weighted by atomic mass is 10.3. The Hall–Kier alpha value is -1.34. The van der Waals surface area contributed by atoms with E-state index in [9.17, 15) is 13.2 Å². The Morgan fingerprint density at radius 2 is 2.14 bits per heavy atom. The molecule has 2 aromatic rings. The molecular weight excluding hydrogens is 530 g/mol. The van der Waals surface area contributed by atoms with Gasteiger partial charge in [0.2, 0.25) is 5.88 Å². The lowest BCUT2D eigenvalue weighted by Gasteiger charge is -2.21. The van der Waals surface area contributed by atoms with E-state index in [1.807, 2.05) is 24.3 Å². The lowest BCUT2D eigenvalue weighted by Crippen LogP contribution is -2.40. The molecule has 0 unspecified atom stereocenters. The molecule has 0 bridgehead atoms. The zero-order valence-corrected chi connectivity index (χ0v) is 19.3. The zero-order valence-electron chi connectivity index (χ0n) is 15.4. The van der Waals surface area contributed by atoms with Crippen molar-refractivity contribution < 1.29 is 17.9 Å². The molecule has 156 valence electrons. The van der Waals surface area contributed by atoms with Crippen molar-refractivity contribution in [1.82, 2.24) is 20.2 Å². The van der Waals surface area contributed by atoms with Gasteiger partial charge in [0.25, 0.3) is 0 Å². The smallest absolute Gasteiger partial charge is 0.417 e. The predicted molar refractivity (Wildman–Crippen MR) is 115 cm³/mol. The van der Waals surface area contributed by atoms with Gasteiger partial charge in [-0.2, -0.15) is 13.2 Å². The number of rotatable bonds is 6. The Bertz CT molecular complexity index is 803. The van der Waals surface area contributed by atoms with Crippen LogP contribution in [0, 0.1) is 6.92 Å². The maximum absolute atomic E-state index is 12.6. The van der Waals surface area contributed by atoms with E-state index in [-0.39, 0.29) is 41.5 Å². The minimum absolute atomic E-state index is 0. The largest absolute Gasteiger partial charge is 0.475 e. The fourth-order valence-corrected chi connectivity index (χ4v) is 3.01. The van der Waals surface area contributed by atoms with Gasteiger partial charge in [-0.3, -0.25) is 4.99 Å². The molecule has 2 rings (SSSR count). The first-order chi connectivity index (χ1) is 12.7. The number of hydrogen-bond acceptors (Lipinski definition) is 5. The number of nitrogens with one attached hydrogen (secondary N) is 1. The van der Waals surface area contributed by atoms with Gasteiger partial charge in [-0.1, -0.05) is 11.6 Å². The van der Waals surface area contributed by atoms with Crippen LogP contribution in [0.3, 0.4) is 0 Å². The van der Waals surface area contributed by atoms with Crippen molar-refractivity contribution in [3.05, 3.63) is 38.9 Å². The third kappa shape index (κ3) is 7.24. The average molecular weight is 550 g/mol. The maximum atomic E-state index is 12.6. The molecule has 2 heterocycles. The van der Waals surface area contributed by atoms with Crippen LogP contribution < -0.4 is 10.1 Å². The van der Waals surface area contributed by atoms with Gasteiger partial charge in [-0.15, -0.1) is 35.3 Å². The molecule has 0 saturated heterocycles. The first-order valence-corrected chi connectivity index (χ1v) is 9.14. The standard InChI is InChI=1S/C16H19ClF3N5OS.HI/c1-10-24-12(9-27-10)8-25(3)15(21-2)22-4-5-26-14-13(17)6-11(7-23-14)16(18,19)20;/h6-7,9H,4-5,8H2,1-3H3,(H,21,22);1H. The number of aliphatic imine (C=N–C) groups is 1. The number of aromatic nitrogens is 2. The molecule has 1 N–H and O–H groups in total. The summed E-state index contributed by atoms with van der Waals surface area (Å²) in [6.07, 6.45) is -3.80. The van der Waals surface area contributed by atoms with Crippen LogP contribution in [0.25, 0.3) is 0 Å². The number of hydrogen-bond donors (Lipinski definition) is 1. The first-order valence-electron chi connectivity index (χ1n) is 7.89. The molecule has 0 fully saturated rings. The van der Waals surface area contributed by atoms with Gasteiger partial charge < -0.3 is 15.0 Å². The molecular formula is C16H20ClF3IN5OS. The van der Waals surface area contributed by atoms with E-state index in [1.54, 1.807) is 18.4 Å². The van der Waals surface area contributed by atoms with Crippen molar-refractivity contribution in [1.29, 1.82) is 0 Å². The molecule has 6 nitrogen and oxygen atoms in total. The van der Waals surface area contributed by atoms with E-state index < -0.39 is 11.7 Å². The van der Waals surface area contributed by atoms with Gasteiger partial charge in [0.05, 0.1) is 29.4 Å². The second-order valence-corrected chi connectivity index (χ2v) is 7.01. The van der Waals surface area contributed by atoms with Crippen LogP contribution in [0.1, 0.15) is 16.3 Å². The topological polar surface area (TPSA) is 62.6 Å². The summed E-state index contributed by atoms with van der Waals surface area (Å²) in [5.74, 6) is 0.587. The Balaban J connectivity index is 0.00000392. The van der Waals surface area contributed by atoms with E-state index in [0.717, 1.165) is 16.8 Å². The minimum Gasteiger partial charge on any atom is -0.475 e. The van der Waals surface area contributed by atoms with Crippen molar-refractivity contribution in [2.24, 2.45) is 4.99 Å². The molecule has 0 aromatic carbocycles. The number of pyridine rings is 1. The fraction of sp³-hybridized carbons (Fsp3) is 0.438. The molecule has 12 heteroatoms. The summed E-state index contributed by atoms with van der Waals surface area (Å²) in [6, 6.07) is 0.792. The third-order valence-corrected chi connectivity index (χ3v) is 4.49. The molecule has 0 aliphatic rings. The van der Waals surface area contributed by atoms with Crippen molar-refractivity contribution in [2.45, 2.75) is 19.6 Å². The summed E-state index contributed by atoms with van der Waals surface area (Å²) in [7, 11) is 3.53. The summed E-state index contributed by atoms with van der Waals surface area (Å²) >= 11 is 7.38. The predicted octanol–water partition coefficient (Wildman–Crippen LogP) is 4.22. The molecule has 0 spiro atoms. The SMILES string of the molecule is CN=C(NCCOc1ncc(C(F)(F)F)cc1Cl)N(C)Cc1csc(C)n1.I. The van der Waals surface area contributed by atoms with E-state index in [4.69, 9.17) is 16.3 Å². The summed E-state index contributed by atoms with van der Waals surface area (Å²) in [5.41, 5.74) is 0.0252. The number of halogens is 5. The van der Waals surface area contributed by atoms with Gasteiger partial charge in [0.1, 0.15) is 11.6 Å². The second-order valence-electron chi connectivity index (χ2n) is 5.55. The van der Waals surface area contributed by atoms with E-state index >= 15 is 0 Å². The average Bonchev–Trinajstić information content (AvgIpc) is 2.99. The second kappa shape index (κ2) is 11.0. The van der Waals surface area contributed by atoms with E-state index in [0.29, 0.717) is 25.2 Å². The Kier molecular flexibility index (Phi) is 9.70. The third-order valence-electron chi connectivity index (χ3n) is 3.40. The van der Waals surface area contributed by atoms with E-state index in [2.05, 4.69) is 20.3 Å². The molecule has 0 radical (unpaired) electrons. The van der Waals surface area contributed by atoms with E-state index in [1.165, 1.54) is 0 Å². The van der Waals surface area contributed by atoms with Crippen LogP contribution >= 0.6 is 46.9 Å². The minimum atomic E-state index is -4.50. The number of thiazole rings is 1. The number of nitrogens with zero attached hydrogens (tertiary/aromatic N) is 4. The summed E-state index contributed by atoms with van der Waals surface area (Å²) in [5, 5.41) is 5.89. The molecule has 2 aromatic heterocycles. The molecule has 0 aliphatic heterocycles. The normalized spacial score (nSPS) is 11.8. The van der Waals surface area contributed by atoms with Crippen LogP contribution in [0.2, 0.25) is 5.02 Å². The Morgan fingerprint density at radius 3 is 2.68 bits per heavy atom. The molecule has 0 saturated carbocycles. The fourth-order valence-electron chi connectivity index (χ4n) is 2.18. The highest BCUT2D eigenvalue weighted by molar-refractivity contribution is 14.0. The molecule has 0 atom stereocenters. The van der Waals surface area contributed by atoms with Crippen LogP contribution in [0.15, 0.2) is 22.6 Å². The van der Waals surface area contributed by atoms with Crippen molar-refractivity contribution in [2.75, 3.05) is 27.2 Å². The lowest BCUT2D eigenvalue weighted by molar-refractivity contribution is -0.137. The summed E-state index contributed by atoms with van der Waals surface area (Å²) < 4.78 is 43.1. The van der Waals surface area contributed by atoms with Gasteiger partial charge in [0.15, 0.2) is 5.96 Å². The van der Waals surface area contributed by atoms with Crippen LogP contribution in [-0.2, 0) is 12.7 Å². The number of guanidine groups is 1. The number of aryl methyl sites for hydroxylation is 1. The molecule has 0 amide bonds. The summed E-state index contributed by atoms with van der Waals surface area (Å²) in [6.45, 7) is 3.06. The van der Waals surface area contributed by atoms with Crippen LogP contribution in [0.4, 0.5) is 13.2 Å². The van der Waals surface area contributed by atoms with Crippen molar-refractivity contribution in [3.63, 3.8) is 0 Å². The van der Waals surface area contributed by atoms with Crippen molar-refractivity contribution in [3.8, 4) is 5.88 Å². The maximum Gasteiger partial charge on any atom is 0.417 e. The molecule has 0 aliphatic carbocycles. The zero-order chi connectivity index (χ0) is 20.0. The number of ether oxygens (including phenoxy) is 1. The monoisotopic (exact) mass is 549 g/mol. The Morgan fingerprint density at radius 1 is 1.43 bits per heavy atom. The first kappa shape index (κ1) is 24.7. The Labute approximate surface area is 187 Å². The highest BCUT2D eigenvalue weighted by Crippen LogP contribution is 2.32. The highest BCUT2D eigenvalue weighted by Gasteiger charge is 2.31. The quantitative estimate of drug-likeness (QED) is 0.253. The van der Waals surface area contributed by atoms with Gasteiger partial charge in [-0.05, 0) is 13.0 Å². The number of alkyl halides is 3. The van der Waals surface area contributed by atoms with Crippen LogP contribution in [-0.4, -0.2) is 48.1 Å². The summed E-state index contributed by atoms with van der Waals surface area (Å²) in [4.78, 5) is 14.1. The van der Waals surface area contributed by atoms with Gasteiger partial charge >= 0.3 is 6.18 Å². The van der Waals surface area contributed by atoms with Gasteiger partial charge in [-0.25, -0.2) is 9.97 Å². The highest BCUT2D eigenvalue weighted by atomic mass is 127. The van der Waals surface area contributed by atoms with Gasteiger partial charge in [0, 0.05) is 25.7 Å². The van der Waals surface area contributed by atoms with Crippen LogP contribution in [0.5, 0.6) is 5.88 Å².